The Bertz CT molecular complexity index is 25.5. The first-order chi connectivity index (χ1) is 2.27. The molecule has 0 aromatic rings. The molecule has 0 aromatic carbocycles. The second-order valence-corrected chi connectivity index (χ2v) is 1.14. The minimum absolute atomic E-state index is 0. The second kappa shape index (κ2) is 5.87. The van der Waals surface area contributed by atoms with Crippen molar-refractivity contribution in [2.75, 3.05) is 6.54 Å². The van der Waals surface area contributed by atoms with Crippen LogP contribution >= 0.6 is 11.6 Å². The van der Waals surface area contributed by atoms with Crippen LogP contribution in [-0.2, 0) is 20.4 Å². The molecule has 2 nitrogen and oxygen atoms in total. The van der Waals surface area contributed by atoms with Gasteiger partial charge in [0.2, 0.25) is 0 Å². The van der Waals surface area contributed by atoms with Crippen LogP contribution in [-0.4, -0.2) is 6.54 Å². The van der Waals surface area contributed by atoms with Crippen molar-refractivity contribution in [3.05, 3.63) is 5.50 Å². The van der Waals surface area contributed by atoms with E-state index >= 15 is 0 Å². The first-order valence-corrected chi connectivity index (χ1v) is 1.62. The van der Waals surface area contributed by atoms with Crippen molar-refractivity contribution >= 4 is 11.6 Å². The fourth-order valence-corrected chi connectivity index (χ4v) is 0. The molecule has 0 bridgehead atoms. The Morgan fingerprint density at radius 1 is 1.67 bits per heavy atom. The van der Waals surface area contributed by atoms with Crippen molar-refractivity contribution in [2.45, 2.75) is 0 Å². The molecule has 0 aromatic heterocycles. The monoisotopic (exact) mass is 199 g/mol. The topological polar surface area (TPSA) is 52.0 Å². The van der Waals surface area contributed by atoms with Crippen molar-refractivity contribution in [1.29, 1.82) is 0 Å². The summed E-state index contributed by atoms with van der Waals surface area (Å²) in [6.07, 6.45) is 0. The van der Waals surface area contributed by atoms with Crippen LogP contribution in [0.1, 0.15) is 0 Å². The molecular weight excluding hydrogens is 194 g/mol. The van der Waals surface area contributed by atoms with Gasteiger partial charge in [0.15, 0.2) is 0 Å². The van der Waals surface area contributed by atoms with Gasteiger partial charge in [0.05, 0.1) is 0 Å². The summed E-state index contributed by atoms with van der Waals surface area (Å²) in [7, 11) is 0. The Kier molecular flexibility index (Phi) is 9.77. The van der Waals surface area contributed by atoms with Gasteiger partial charge in [0.25, 0.3) is 0 Å². The Labute approximate surface area is 55.9 Å². The quantitative estimate of drug-likeness (QED) is 0.344. The Morgan fingerprint density at radius 2 is 1.83 bits per heavy atom. The largest absolute Gasteiger partial charge is 0.465 e. The van der Waals surface area contributed by atoms with Crippen molar-refractivity contribution in [3.63, 3.8) is 0 Å². The van der Waals surface area contributed by atoms with Crippen LogP contribution in [0.5, 0.6) is 0 Å². The third-order valence-electron chi connectivity index (χ3n) is 0.195. The summed E-state index contributed by atoms with van der Waals surface area (Å²) in [5.74, 6) is 0. The van der Waals surface area contributed by atoms with E-state index in [0.29, 0.717) is 0 Å². The molecule has 0 heterocycles. The number of hydrogen-bond acceptors (Lipinski definition) is 2. The number of nitrogens with two attached hydrogens (primary N) is 2. The fourth-order valence-electron chi connectivity index (χ4n) is 0. The van der Waals surface area contributed by atoms with Gasteiger partial charge in [-0.3, -0.25) is 0 Å². The molecule has 0 rings (SSSR count). The Hall–Kier alpha value is 0.872. The van der Waals surface area contributed by atoms with Gasteiger partial charge in [-0.25, -0.2) is 0 Å². The molecule has 0 saturated heterocycles. The fraction of sp³-hybridized carbons (Fsp3) is 0.500. The third-order valence-corrected chi connectivity index (χ3v) is 0.349. The normalized spacial score (nSPS) is 8.00. The van der Waals surface area contributed by atoms with Gasteiger partial charge >= 0.3 is 0 Å². The zero-order valence-corrected chi connectivity index (χ0v) is 5.37. The van der Waals surface area contributed by atoms with E-state index in [2.05, 4.69) is 0 Å². The van der Waals surface area contributed by atoms with Gasteiger partial charge in [-0.1, -0.05) is 0 Å². The first kappa shape index (κ1) is 9.98. The van der Waals surface area contributed by atoms with E-state index in [-0.39, 0.29) is 32.5 Å². The molecular formula is C2H6ClN2Pd-. The minimum atomic E-state index is 0. The predicted octanol–water partition coefficient (Wildman–Crippen LogP) is -0.370. The number of rotatable bonds is 1. The van der Waals surface area contributed by atoms with E-state index in [9.17, 15) is 0 Å². The average molecular weight is 200 g/mol. The van der Waals surface area contributed by atoms with Crippen LogP contribution in [0.25, 0.3) is 0 Å². The molecule has 42 valence electrons. The van der Waals surface area contributed by atoms with E-state index in [4.69, 9.17) is 23.1 Å². The van der Waals surface area contributed by atoms with E-state index < -0.39 is 0 Å². The van der Waals surface area contributed by atoms with Crippen LogP contribution in [0, 0.1) is 5.50 Å². The number of halogens is 1. The first-order valence-electron chi connectivity index (χ1n) is 1.24. The molecule has 0 aliphatic carbocycles. The Morgan fingerprint density at radius 3 is 1.83 bits per heavy atom. The van der Waals surface area contributed by atoms with E-state index in [1.807, 2.05) is 0 Å². The smallest absolute Gasteiger partial charge is 0 e. The molecule has 0 radical (unpaired) electrons. The maximum absolute atomic E-state index is 5.03. The molecule has 0 saturated carbocycles. The van der Waals surface area contributed by atoms with E-state index in [1.54, 1.807) is 0 Å². The standard InChI is InChI=1S/C2H6ClN2.Pd/c3-2(5)1-4;/h1,4-5H2;/q-1;. The average Bonchev–Trinajstić information content (AvgIpc) is 1.38. The molecule has 0 spiro atoms. The van der Waals surface area contributed by atoms with Crippen LogP contribution in [0.15, 0.2) is 0 Å². The van der Waals surface area contributed by atoms with Gasteiger partial charge in [0, 0.05) is 20.4 Å². The van der Waals surface area contributed by atoms with Gasteiger partial charge in [0.1, 0.15) is 0 Å². The minimum Gasteiger partial charge on any atom is -0.465 e. The van der Waals surface area contributed by atoms with Crippen molar-refractivity contribution < 1.29 is 20.4 Å². The number of hydrogen-bond donors (Lipinski definition) is 2. The second-order valence-electron chi connectivity index (χ2n) is 0.651. The molecule has 0 unspecified atom stereocenters. The zero-order chi connectivity index (χ0) is 4.28. The summed E-state index contributed by atoms with van der Waals surface area (Å²) in [5, 5.41) is 0. The van der Waals surface area contributed by atoms with Crippen LogP contribution in [0.3, 0.4) is 0 Å². The van der Waals surface area contributed by atoms with Crippen molar-refractivity contribution in [2.24, 2.45) is 11.5 Å². The summed E-state index contributed by atoms with van der Waals surface area (Å²) in [6, 6.07) is 0. The molecule has 0 aliphatic rings. The zero-order valence-electron chi connectivity index (χ0n) is 3.06. The maximum Gasteiger partial charge on any atom is 0 e. The third kappa shape index (κ3) is 8.86. The summed E-state index contributed by atoms with van der Waals surface area (Å²) < 4.78 is 0. The molecule has 0 atom stereocenters. The molecule has 4 heteroatoms. The Balaban J connectivity index is 0. The van der Waals surface area contributed by atoms with Gasteiger partial charge in [-0.05, 0) is 0 Å². The van der Waals surface area contributed by atoms with Crippen molar-refractivity contribution in [3.8, 4) is 0 Å². The molecule has 0 fully saturated rings. The van der Waals surface area contributed by atoms with Gasteiger partial charge in [-0.15, -0.1) is 6.54 Å². The van der Waals surface area contributed by atoms with E-state index in [1.165, 1.54) is 0 Å². The maximum atomic E-state index is 5.03. The summed E-state index contributed by atoms with van der Waals surface area (Å²) in [5.41, 5.74) is 9.98. The van der Waals surface area contributed by atoms with Gasteiger partial charge < -0.3 is 23.1 Å². The molecule has 6 heavy (non-hydrogen) atoms. The van der Waals surface area contributed by atoms with Gasteiger partial charge in [-0.2, -0.15) is 5.50 Å². The van der Waals surface area contributed by atoms with E-state index in [0.717, 1.165) is 0 Å². The summed E-state index contributed by atoms with van der Waals surface area (Å²) in [4.78, 5) is 0. The molecule has 0 aliphatic heterocycles. The molecule has 4 N–H and O–H groups in total. The SMILES string of the molecule is NC[C-](N)Cl.[Pd]. The van der Waals surface area contributed by atoms with Crippen LogP contribution in [0.4, 0.5) is 0 Å². The van der Waals surface area contributed by atoms with Crippen LogP contribution in [0.2, 0.25) is 0 Å². The van der Waals surface area contributed by atoms with Crippen molar-refractivity contribution in [1.82, 2.24) is 0 Å². The summed E-state index contributed by atoms with van der Waals surface area (Å²) >= 11 is 5.03. The van der Waals surface area contributed by atoms with Crippen LogP contribution < -0.4 is 11.5 Å². The summed E-state index contributed by atoms with van der Waals surface area (Å²) in [6.45, 7) is 0.265. The predicted molar refractivity (Wildman–Crippen MR) is 22.3 cm³/mol. The molecule has 0 amide bonds.